The van der Waals surface area contributed by atoms with Gasteiger partial charge in [0, 0.05) is 12.1 Å². The van der Waals surface area contributed by atoms with Crippen molar-refractivity contribution in [3.63, 3.8) is 0 Å². The number of benzene rings is 1. The molecule has 5 heteroatoms. The van der Waals surface area contributed by atoms with E-state index in [4.69, 9.17) is 5.11 Å². The number of carboxylic acids is 1. The van der Waals surface area contributed by atoms with Gasteiger partial charge in [-0.3, -0.25) is 0 Å². The molecule has 2 rings (SSSR count). The standard InChI is InChI=1S/C13H15F2NO2/c1-13(2)4-3-5-16(13)11-9(14)6-8(12(17)18)7-10(11)15/h6-7H,3-5H2,1-2H3,(H,17,18). The summed E-state index contributed by atoms with van der Waals surface area (Å²) in [6.07, 6.45) is 1.72. The fraction of sp³-hybridized carbons (Fsp3) is 0.462. The van der Waals surface area contributed by atoms with Crippen molar-refractivity contribution in [1.82, 2.24) is 0 Å². The number of hydrogen-bond acceptors (Lipinski definition) is 2. The van der Waals surface area contributed by atoms with Crippen molar-refractivity contribution < 1.29 is 18.7 Å². The summed E-state index contributed by atoms with van der Waals surface area (Å²) < 4.78 is 27.8. The van der Waals surface area contributed by atoms with Gasteiger partial charge in [-0.25, -0.2) is 13.6 Å². The summed E-state index contributed by atoms with van der Waals surface area (Å²) in [7, 11) is 0. The van der Waals surface area contributed by atoms with Crippen LogP contribution in [-0.4, -0.2) is 23.2 Å². The minimum absolute atomic E-state index is 0.123. The lowest BCUT2D eigenvalue weighted by Gasteiger charge is -2.34. The topological polar surface area (TPSA) is 40.5 Å². The van der Waals surface area contributed by atoms with Crippen LogP contribution in [0.1, 0.15) is 37.0 Å². The maximum absolute atomic E-state index is 13.9. The van der Waals surface area contributed by atoms with Crippen molar-refractivity contribution in [3.8, 4) is 0 Å². The summed E-state index contributed by atoms with van der Waals surface area (Å²) in [5.74, 6) is -2.97. The lowest BCUT2D eigenvalue weighted by atomic mass is 10.0. The van der Waals surface area contributed by atoms with E-state index >= 15 is 0 Å². The first-order chi connectivity index (χ1) is 8.33. The summed E-state index contributed by atoms with van der Waals surface area (Å²) >= 11 is 0. The number of carbonyl (C=O) groups is 1. The number of halogens is 2. The highest BCUT2D eigenvalue weighted by Crippen LogP contribution is 2.37. The van der Waals surface area contributed by atoms with Crippen molar-refractivity contribution in [2.75, 3.05) is 11.4 Å². The molecule has 3 nitrogen and oxygen atoms in total. The zero-order valence-corrected chi connectivity index (χ0v) is 10.3. The van der Waals surface area contributed by atoms with Gasteiger partial charge in [-0.1, -0.05) is 0 Å². The molecule has 0 unspecified atom stereocenters. The van der Waals surface area contributed by atoms with Gasteiger partial charge in [0.05, 0.1) is 5.56 Å². The first-order valence-corrected chi connectivity index (χ1v) is 5.83. The Bertz CT molecular complexity index is 477. The molecule has 18 heavy (non-hydrogen) atoms. The van der Waals surface area contributed by atoms with E-state index in [2.05, 4.69) is 0 Å². The molecule has 0 saturated carbocycles. The van der Waals surface area contributed by atoms with Crippen LogP contribution in [0.3, 0.4) is 0 Å². The van der Waals surface area contributed by atoms with Crippen LogP contribution >= 0.6 is 0 Å². The second-order valence-electron chi connectivity index (χ2n) is 5.16. The summed E-state index contributed by atoms with van der Waals surface area (Å²) in [4.78, 5) is 12.4. The molecule has 1 aliphatic rings. The summed E-state index contributed by atoms with van der Waals surface area (Å²) in [6, 6.07) is 1.74. The molecule has 0 atom stereocenters. The predicted octanol–water partition coefficient (Wildman–Crippen LogP) is 3.04. The molecular formula is C13H15F2NO2. The number of rotatable bonds is 2. The molecule has 0 radical (unpaired) electrons. The van der Waals surface area contributed by atoms with Gasteiger partial charge in [0.2, 0.25) is 0 Å². The third-order valence-corrected chi connectivity index (χ3v) is 3.43. The largest absolute Gasteiger partial charge is 0.478 e. The van der Waals surface area contributed by atoms with Crippen LogP contribution in [0, 0.1) is 11.6 Å². The quantitative estimate of drug-likeness (QED) is 0.883. The second kappa shape index (κ2) is 4.23. The minimum Gasteiger partial charge on any atom is -0.478 e. The molecule has 1 aromatic rings. The maximum atomic E-state index is 13.9. The lowest BCUT2D eigenvalue weighted by Crippen LogP contribution is -2.39. The molecule has 0 aliphatic carbocycles. The van der Waals surface area contributed by atoms with E-state index in [0.717, 1.165) is 25.0 Å². The zero-order chi connectivity index (χ0) is 13.5. The molecule has 98 valence electrons. The Morgan fingerprint density at radius 2 is 1.89 bits per heavy atom. The molecule has 0 amide bonds. The van der Waals surface area contributed by atoms with Gasteiger partial charge in [0.15, 0.2) is 0 Å². The van der Waals surface area contributed by atoms with Gasteiger partial charge < -0.3 is 10.0 Å². The molecule has 1 heterocycles. The van der Waals surface area contributed by atoms with Crippen molar-refractivity contribution in [2.45, 2.75) is 32.2 Å². The smallest absolute Gasteiger partial charge is 0.335 e. The van der Waals surface area contributed by atoms with Gasteiger partial charge in [0.25, 0.3) is 0 Å². The Hall–Kier alpha value is -1.65. The fourth-order valence-electron chi connectivity index (χ4n) is 2.47. The normalized spacial score (nSPS) is 18.1. The molecule has 0 aromatic heterocycles. The van der Waals surface area contributed by atoms with Crippen molar-refractivity contribution in [1.29, 1.82) is 0 Å². The number of nitrogens with zero attached hydrogens (tertiary/aromatic N) is 1. The lowest BCUT2D eigenvalue weighted by molar-refractivity contribution is 0.0696. The predicted molar refractivity (Wildman–Crippen MR) is 64.0 cm³/mol. The van der Waals surface area contributed by atoms with Gasteiger partial charge >= 0.3 is 5.97 Å². The highest BCUT2D eigenvalue weighted by molar-refractivity contribution is 5.88. The summed E-state index contributed by atoms with van der Waals surface area (Å²) in [5, 5.41) is 8.75. The molecule has 1 fully saturated rings. The first-order valence-electron chi connectivity index (χ1n) is 5.83. The molecule has 0 spiro atoms. The molecule has 0 bridgehead atoms. The zero-order valence-electron chi connectivity index (χ0n) is 10.3. The molecular weight excluding hydrogens is 240 g/mol. The average Bonchev–Trinajstić information content (AvgIpc) is 2.57. The van der Waals surface area contributed by atoms with Crippen LogP contribution in [-0.2, 0) is 0 Å². The molecule has 1 saturated heterocycles. The second-order valence-corrected chi connectivity index (χ2v) is 5.16. The van der Waals surface area contributed by atoms with E-state index in [1.165, 1.54) is 0 Å². The van der Waals surface area contributed by atoms with Crippen molar-refractivity contribution in [2.24, 2.45) is 0 Å². The number of anilines is 1. The van der Waals surface area contributed by atoms with Crippen LogP contribution in [0.5, 0.6) is 0 Å². The molecule has 1 N–H and O–H groups in total. The van der Waals surface area contributed by atoms with E-state index < -0.39 is 17.6 Å². The SMILES string of the molecule is CC1(C)CCCN1c1c(F)cc(C(=O)O)cc1F. The number of hydrogen-bond donors (Lipinski definition) is 1. The Morgan fingerprint density at radius 1 is 1.33 bits per heavy atom. The average molecular weight is 255 g/mol. The maximum Gasteiger partial charge on any atom is 0.335 e. The fourth-order valence-corrected chi connectivity index (χ4v) is 2.47. The van der Waals surface area contributed by atoms with Gasteiger partial charge in [0.1, 0.15) is 17.3 Å². The third kappa shape index (κ3) is 2.05. The van der Waals surface area contributed by atoms with E-state index in [9.17, 15) is 13.6 Å². The van der Waals surface area contributed by atoms with Crippen molar-refractivity contribution in [3.05, 3.63) is 29.3 Å². The van der Waals surface area contributed by atoms with E-state index in [-0.39, 0.29) is 16.8 Å². The van der Waals surface area contributed by atoms with Gasteiger partial charge in [-0.15, -0.1) is 0 Å². The first kappa shape index (κ1) is 12.8. The van der Waals surface area contributed by atoms with Gasteiger partial charge in [-0.05, 0) is 38.8 Å². The Labute approximate surface area is 104 Å². The van der Waals surface area contributed by atoms with E-state index in [1.807, 2.05) is 13.8 Å². The van der Waals surface area contributed by atoms with Gasteiger partial charge in [-0.2, -0.15) is 0 Å². The van der Waals surface area contributed by atoms with Crippen LogP contribution in [0.4, 0.5) is 14.5 Å². The minimum atomic E-state index is -1.33. The van der Waals surface area contributed by atoms with E-state index in [0.29, 0.717) is 6.54 Å². The molecule has 1 aliphatic heterocycles. The van der Waals surface area contributed by atoms with E-state index in [1.54, 1.807) is 4.90 Å². The third-order valence-electron chi connectivity index (χ3n) is 3.43. The highest BCUT2D eigenvalue weighted by Gasteiger charge is 2.35. The Morgan fingerprint density at radius 3 is 2.28 bits per heavy atom. The molecule has 1 aromatic carbocycles. The summed E-state index contributed by atoms with van der Waals surface area (Å²) in [5.41, 5.74) is -0.805. The van der Waals surface area contributed by atoms with Crippen LogP contribution in [0.25, 0.3) is 0 Å². The van der Waals surface area contributed by atoms with Crippen LogP contribution in [0.2, 0.25) is 0 Å². The Balaban J connectivity index is 2.49. The van der Waals surface area contributed by atoms with Crippen LogP contribution in [0.15, 0.2) is 12.1 Å². The highest BCUT2D eigenvalue weighted by atomic mass is 19.1. The van der Waals surface area contributed by atoms with Crippen molar-refractivity contribution >= 4 is 11.7 Å². The Kier molecular flexibility index (Phi) is 3.00. The monoisotopic (exact) mass is 255 g/mol. The van der Waals surface area contributed by atoms with Crippen LogP contribution < -0.4 is 4.90 Å². The summed E-state index contributed by atoms with van der Waals surface area (Å²) in [6.45, 7) is 4.42. The number of carboxylic acid groups (broad SMARTS) is 1. The number of aromatic carboxylic acids is 1.